The molecule has 0 aliphatic rings. The molecule has 1 aromatic heterocycles. The molecule has 0 saturated heterocycles. The van der Waals surface area contributed by atoms with Crippen molar-refractivity contribution in [3.63, 3.8) is 0 Å². The van der Waals surface area contributed by atoms with E-state index in [0.717, 1.165) is 17.0 Å². The minimum absolute atomic E-state index is 0.0230. The maximum atomic E-state index is 12.6. The molecule has 0 spiro atoms. The van der Waals surface area contributed by atoms with Crippen LogP contribution in [0.1, 0.15) is 20.8 Å². The average Bonchev–Trinajstić information content (AvgIpc) is 3.28. The molecule has 3 N–H and O–H groups in total. The van der Waals surface area contributed by atoms with E-state index in [1.165, 1.54) is 29.7 Å². The summed E-state index contributed by atoms with van der Waals surface area (Å²) in [6.45, 7) is 0. The number of phenols is 1. The second-order valence-corrected chi connectivity index (χ2v) is 7.08. The van der Waals surface area contributed by atoms with Gasteiger partial charge in [0, 0.05) is 22.1 Å². The zero-order valence-electron chi connectivity index (χ0n) is 15.9. The summed E-state index contributed by atoms with van der Waals surface area (Å²) in [5.74, 6) is -1.62. The van der Waals surface area contributed by atoms with Gasteiger partial charge in [0.25, 0.3) is 11.8 Å². The minimum Gasteiger partial charge on any atom is -0.502 e. The van der Waals surface area contributed by atoms with Gasteiger partial charge in [-0.1, -0.05) is 24.3 Å². The molecule has 0 atom stereocenters. The summed E-state index contributed by atoms with van der Waals surface area (Å²) >= 11 is 1.38. The number of hydrazone groups is 1. The van der Waals surface area contributed by atoms with Gasteiger partial charge in [0.15, 0.2) is 5.75 Å². The molecular weight excluding hydrogens is 420 g/mol. The summed E-state index contributed by atoms with van der Waals surface area (Å²) in [6.07, 6.45) is 2.70. The molecule has 0 radical (unpaired) electrons. The van der Waals surface area contributed by atoms with Gasteiger partial charge in [-0.05, 0) is 41.8 Å². The Kier molecular flexibility index (Phi) is 6.86. The highest BCUT2D eigenvalue weighted by atomic mass is 32.1. The third-order valence-electron chi connectivity index (χ3n) is 3.93. The van der Waals surface area contributed by atoms with Crippen molar-refractivity contribution in [1.29, 1.82) is 0 Å². The Morgan fingerprint density at radius 2 is 1.87 bits per heavy atom. The van der Waals surface area contributed by atoms with Crippen LogP contribution in [0, 0.1) is 10.1 Å². The van der Waals surface area contributed by atoms with Crippen LogP contribution in [0.5, 0.6) is 5.75 Å². The second kappa shape index (κ2) is 9.94. The van der Waals surface area contributed by atoms with Gasteiger partial charge in [0.1, 0.15) is 5.70 Å². The lowest BCUT2D eigenvalue weighted by atomic mass is 10.2. The number of rotatable bonds is 7. The van der Waals surface area contributed by atoms with Crippen molar-refractivity contribution in [3.8, 4) is 5.75 Å². The Balaban J connectivity index is 1.76. The maximum Gasteiger partial charge on any atom is 0.311 e. The Bertz CT molecular complexity index is 1160. The first-order chi connectivity index (χ1) is 14.9. The number of benzene rings is 2. The molecule has 0 fully saturated rings. The van der Waals surface area contributed by atoms with E-state index in [4.69, 9.17) is 0 Å². The maximum absolute atomic E-state index is 12.6. The molecule has 31 heavy (non-hydrogen) atoms. The van der Waals surface area contributed by atoms with Crippen LogP contribution in [0.25, 0.3) is 6.08 Å². The smallest absolute Gasteiger partial charge is 0.311 e. The molecule has 3 rings (SSSR count). The Labute approximate surface area is 180 Å². The van der Waals surface area contributed by atoms with Gasteiger partial charge in [-0.2, -0.15) is 5.10 Å². The molecule has 0 saturated carbocycles. The monoisotopic (exact) mass is 436 g/mol. The molecule has 0 unspecified atom stereocenters. The van der Waals surface area contributed by atoms with Crippen LogP contribution in [0.15, 0.2) is 76.8 Å². The second-order valence-electron chi connectivity index (χ2n) is 6.10. The molecule has 0 aliphatic heterocycles. The zero-order chi connectivity index (χ0) is 22.2. The van der Waals surface area contributed by atoms with Crippen molar-refractivity contribution >= 4 is 41.1 Å². The normalized spacial score (nSPS) is 11.3. The molecular formula is C21H16N4O5S. The number of hydrogen-bond donors (Lipinski definition) is 3. The summed E-state index contributed by atoms with van der Waals surface area (Å²) < 4.78 is 0. The number of thiophene rings is 1. The largest absolute Gasteiger partial charge is 0.502 e. The van der Waals surface area contributed by atoms with Gasteiger partial charge in [-0.25, -0.2) is 5.43 Å². The number of aromatic hydroxyl groups is 1. The van der Waals surface area contributed by atoms with E-state index in [2.05, 4.69) is 15.8 Å². The van der Waals surface area contributed by atoms with Gasteiger partial charge < -0.3 is 10.4 Å². The fourth-order valence-corrected chi connectivity index (χ4v) is 3.11. The number of carbonyl (C=O) groups is 2. The molecule has 2 amide bonds. The number of nitrogens with one attached hydrogen (secondary N) is 2. The molecule has 1 heterocycles. The van der Waals surface area contributed by atoms with E-state index in [-0.39, 0.29) is 5.70 Å². The quantitative estimate of drug-likeness (QED) is 0.226. The van der Waals surface area contributed by atoms with E-state index in [9.17, 15) is 24.8 Å². The number of nitro groups is 1. The summed E-state index contributed by atoms with van der Waals surface area (Å²) in [7, 11) is 0. The van der Waals surface area contributed by atoms with E-state index >= 15 is 0 Å². The molecule has 9 nitrogen and oxygen atoms in total. The first kappa shape index (κ1) is 21.4. The van der Waals surface area contributed by atoms with Crippen LogP contribution in [-0.4, -0.2) is 28.1 Å². The fraction of sp³-hybridized carbons (Fsp3) is 0. The van der Waals surface area contributed by atoms with Gasteiger partial charge >= 0.3 is 5.69 Å². The summed E-state index contributed by atoms with van der Waals surface area (Å²) in [5.41, 5.74) is 2.45. The lowest BCUT2D eigenvalue weighted by Crippen LogP contribution is -2.32. The van der Waals surface area contributed by atoms with Gasteiger partial charge in [0.2, 0.25) is 0 Å². The first-order valence-electron chi connectivity index (χ1n) is 8.86. The number of nitrogens with zero attached hydrogens (tertiary/aromatic N) is 2. The van der Waals surface area contributed by atoms with Crippen molar-refractivity contribution in [2.75, 3.05) is 0 Å². The third-order valence-corrected chi connectivity index (χ3v) is 4.75. The van der Waals surface area contributed by atoms with Gasteiger partial charge in [-0.15, -0.1) is 11.3 Å². The fourth-order valence-electron chi connectivity index (χ4n) is 2.45. The number of amides is 2. The van der Waals surface area contributed by atoms with E-state index in [0.29, 0.717) is 11.1 Å². The van der Waals surface area contributed by atoms with Crippen LogP contribution in [0.4, 0.5) is 5.69 Å². The van der Waals surface area contributed by atoms with Crippen molar-refractivity contribution in [2.45, 2.75) is 0 Å². The van der Waals surface area contributed by atoms with Crippen molar-refractivity contribution in [1.82, 2.24) is 10.7 Å². The van der Waals surface area contributed by atoms with E-state index in [1.54, 1.807) is 42.5 Å². The van der Waals surface area contributed by atoms with Crippen LogP contribution in [0.2, 0.25) is 0 Å². The molecule has 2 aromatic carbocycles. The van der Waals surface area contributed by atoms with Crippen LogP contribution < -0.4 is 10.7 Å². The summed E-state index contributed by atoms with van der Waals surface area (Å²) in [6, 6.07) is 15.7. The highest BCUT2D eigenvalue weighted by Gasteiger charge is 2.15. The standard InChI is InChI=1S/C21H16N4O5S/c26-19-9-8-14(11-18(19)25(29)30)13-22-24-21(28)17(12-16-7-4-10-31-16)23-20(27)15-5-2-1-3-6-15/h1-13,26H,(H,23,27)(H,24,28)/b17-12+,22-13+. The SMILES string of the molecule is O=C(N/N=C/c1ccc(O)c([N+](=O)[O-])c1)/C(=C\c1cccs1)NC(=O)c1ccccc1. The van der Waals surface area contributed by atoms with E-state index in [1.807, 2.05) is 5.38 Å². The summed E-state index contributed by atoms with van der Waals surface area (Å²) in [5, 5.41) is 28.6. The van der Waals surface area contributed by atoms with Crippen molar-refractivity contribution in [2.24, 2.45) is 5.10 Å². The van der Waals surface area contributed by atoms with Crippen molar-refractivity contribution < 1.29 is 19.6 Å². The highest BCUT2D eigenvalue weighted by molar-refractivity contribution is 7.10. The number of hydrogen-bond acceptors (Lipinski definition) is 7. The van der Waals surface area contributed by atoms with Crippen LogP contribution in [-0.2, 0) is 4.79 Å². The highest BCUT2D eigenvalue weighted by Crippen LogP contribution is 2.25. The Morgan fingerprint density at radius 1 is 1.10 bits per heavy atom. The number of phenolic OH excluding ortho intramolecular Hbond substituents is 1. The Morgan fingerprint density at radius 3 is 2.55 bits per heavy atom. The van der Waals surface area contributed by atoms with Crippen LogP contribution >= 0.6 is 11.3 Å². The van der Waals surface area contributed by atoms with Gasteiger partial charge in [-0.3, -0.25) is 19.7 Å². The minimum atomic E-state index is -0.730. The molecule has 10 heteroatoms. The van der Waals surface area contributed by atoms with Crippen molar-refractivity contribution in [3.05, 3.63) is 97.9 Å². The number of carbonyl (C=O) groups excluding carboxylic acids is 2. The first-order valence-corrected chi connectivity index (χ1v) is 9.74. The lowest BCUT2D eigenvalue weighted by Gasteiger charge is -2.08. The number of nitro benzene ring substituents is 1. The molecule has 0 aliphatic carbocycles. The lowest BCUT2D eigenvalue weighted by molar-refractivity contribution is -0.385. The predicted octanol–water partition coefficient (Wildman–Crippen LogP) is 3.28. The average molecular weight is 436 g/mol. The zero-order valence-corrected chi connectivity index (χ0v) is 16.7. The Hall–Kier alpha value is -4.31. The van der Waals surface area contributed by atoms with Gasteiger partial charge in [0.05, 0.1) is 11.1 Å². The molecule has 3 aromatic rings. The van der Waals surface area contributed by atoms with Crippen LogP contribution in [0.3, 0.4) is 0 Å². The predicted molar refractivity (Wildman–Crippen MR) is 117 cm³/mol. The summed E-state index contributed by atoms with van der Waals surface area (Å²) in [4.78, 5) is 36.0. The molecule has 156 valence electrons. The topological polar surface area (TPSA) is 134 Å². The molecule has 0 bridgehead atoms. The van der Waals surface area contributed by atoms with E-state index < -0.39 is 28.2 Å². The third kappa shape index (κ3) is 5.84.